The molecule has 3 rings (SSSR count). The number of carbonyl (C=O) groups is 1. The molecule has 0 aromatic heterocycles. The number of morpholine rings is 1. The topological polar surface area (TPSA) is 32.8 Å². The molecule has 2 fully saturated rings. The summed E-state index contributed by atoms with van der Waals surface area (Å²) in [5, 5.41) is 0. The van der Waals surface area contributed by atoms with E-state index in [9.17, 15) is 9.18 Å². The molecule has 2 saturated heterocycles. The highest BCUT2D eigenvalue weighted by Gasteiger charge is 2.28. The summed E-state index contributed by atoms with van der Waals surface area (Å²) >= 11 is 1.94. The van der Waals surface area contributed by atoms with Crippen LogP contribution in [0.15, 0.2) is 24.3 Å². The van der Waals surface area contributed by atoms with E-state index in [0.29, 0.717) is 6.42 Å². The van der Waals surface area contributed by atoms with Crippen molar-refractivity contribution in [2.75, 3.05) is 50.9 Å². The highest BCUT2D eigenvalue weighted by Crippen LogP contribution is 2.19. The van der Waals surface area contributed by atoms with Crippen molar-refractivity contribution in [3.63, 3.8) is 0 Å². The molecule has 0 spiro atoms. The van der Waals surface area contributed by atoms with Gasteiger partial charge in [0.05, 0.1) is 25.7 Å². The van der Waals surface area contributed by atoms with Crippen molar-refractivity contribution in [3.05, 3.63) is 35.6 Å². The normalized spacial score (nSPS) is 23.0. The van der Waals surface area contributed by atoms with Crippen LogP contribution in [0.2, 0.25) is 0 Å². The summed E-state index contributed by atoms with van der Waals surface area (Å²) in [6, 6.07) is 6.51. The number of carbonyl (C=O) groups excluding carboxylic acids is 1. The summed E-state index contributed by atoms with van der Waals surface area (Å²) in [5.74, 6) is 2.00. The monoisotopic (exact) mass is 352 g/mol. The molecule has 0 radical (unpaired) electrons. The Morgan fingerprint density at radius 3 is 2.71 bits per heavy atom. The van der Waals surface area contributed by atoms with Crippen molar-refractivity contribution in [2.24, 2.45) is 0 Å². The smallest absolute Gasteiger partial charge is 0.227 e. The summed E-state index contributed by atoms with van der Waals surface area (Å²) in [5.41, 5.74) is 0.878. The Kier molecular flexibility index (Phi) is 6.51. The summed E-state index contributed by atoms with van der Waals surface area (Å²) in [7, 11) is 0. The van der Waals surface area contributed by atoms with E-state index in [1.54, 1.807) is 12.1 Å². The van der Waals surface area contributed by atoms with Gasteiger partial charge in [-0.15, -0.1) is 0 Å². The van der Waals surface area contributed by atoms with Gasteiger partial charge in [0.25, 0.3) is 0 Å². The quantitative estimate of drug-likeness (QED) is 0.830. The van der Waals surface area contributed by atoms with Crippen LogP contribution in [-0.2, 0) is 16.0 Å². The lowest BCUT2D eigenvalue weighted by molar-refractivity contribution is -0.132. The van der Waals surface area contributed by atoms with E-state index in [2.05, 4.69) is 9.80 Å². The molecule has 6 heteroatoms. The molecule has 4 nitrogen and oxygen atoms in total. The van der Waals surface area contributed by atoms with Crippen molar-refractivity contribution < 1.29 is 13.9 Å². The third-order valence-corrected chi connectivity index (χ3v) is 5.80. The zero-order valence-electron chi connectivity index (χ0n) is 14.0. The Balaban J connectivity index is 1.64. The minimum atomic E-state index is -0.262. The first kappa shape index (κ1) is 17.7. The average molecular weight is 352 g/mol. The Bertz CT molecular complexity index is 534. The predicted octanol–water partition coefficient (Wildman–Crippen LogP) is 2.03. The lowest BCUT2D eigenvalue weighted by atomic mass is 10.1. The molecule has 0 saturated carbocycles. The molecule has 1 aromatic carbocycles. The van der Waals surface area contributed by atoms with E-state index < -0.39 is 0 Å². The van der Waals surface area contributed by atoms with Gasteiger partial charge in [-0.2, -0.15) is 11.8 Å². The predicted molar refractivity (Wildman–Crippen MR) is 94.8 cm³/mol. The summed E-state index contributed by atoms with van der Waals surface area (Å²) < 4.78 is 18.5. The molecule has 0 aliphatic carbocycles. The second-order valence-electron chi connectivity index (χ2n) is 6.39. The second kappa shape index (κ2) is 8.83. The van der Waals surface area contributed by atoms with Crippen molar-refractivity contribution in [2.45, 2.75) is 18.9 Å². The van der Waals surface area contributed by atoms with Crippen LogP contribution in [-0.4, -0.2) is 72.6 Å². The van der Waals surface area contributed by atoms with Gasteiger partial charge < -0.3 is 9.64 Å². The fraction of sp³-hybridized carbons (Fsp3) is 0.611. The van der Waals surface area contributed by atoms with E-state index in [4.69, 9.17) is 4.74 Å². The van der Waals surface area contributed by atoms with Crippen molar-refractivity contribution in [1.29, 1.82) is 0 Å². The Morgan fingerprint density at radius 1 is 1.21 bits per heavy atom. The fourth-order valence-corrected chi connectivity index (χ4v) is 4.33. The van der Waals surface area contributed by atoms with Gasteiger partial charge in [0.1, 0.15) is 5.82 Å². The van der Waals surface area contributed by atoms with Crippen LogP contribution in [0.5, 0.6) is 0 Å². The minimum absolute atomic E-state index is 0.155. The van der Waals surface area contributed by atoms with Gasteiger partial charge in [-0.1, -0.05) is 12.1 Å². The molecule has 0 bridgehead atoms. The van der Waals surface area contributed by atoms with Crippen molar-refractivity contribution >= 4 is 17.7 Å². The number of thioether (sulfide) groups is 1. The van der Waals surface area contributed by atoms with Gasteiger partial charge in [-0.05, 0) is 29.9 Å². The molecule has 0 unspecified atom stereocenters. The zero-order chi connectivity index (χ0) is 16.8. The maximum atomic E-state index is 13.0. The number of ether oxygens (including phenoxy) is 1. The molecule has 1 amide bonds. The van der Waals surface area contributed by atoms with Crippen molar-refractivity contribution in [1.82, 2.24) is 9.80 Å². The third kappa shape index (κ3) is 4.94. The van der Waals surface area contributed by atoms with Crippen molar-refractivity contribution in [3.8, 4) is 0 Å². The number of hydrogen-bond donors (Lipinski definition) is 0. The van der Waals surface area contributed by atoms with Gasteiger partial charge >= 0.3 is 0 Å². The van der Waals surface area contributed by atoms with Gasteiger partial charge in [-0.3, -0.25) is 9.69 Å². The SMILES string of the molecule is O=C(Cc1ccc(F)cc1)N1CCCSC[C@H]1CN1CCOCC1. The number of rotatable bonds is 4. The van der Waals surface area contributed by atoms with E-state index >= 15 is 0 Å². The van der Waals surface area contributed by atoms with Crippen LogP contribution in [0.4, 0.5) is 4.39 Å². The highest BCUT2D eigenvalue weighted by molar-refractivity contribution is 7.99. The molecule has 1 aromatic rings. The van der Waals surface area contributed by atoms with Gasteiger partial charge in [0.15, 0.2) is 0 Å². The van der Waals surface area contributed by atoms with Gasteiger partial charge in [0, 0.05) is 31.9 Å². The molecule has 2 heterocycles. The standard InChI is InChI=1S/C18H25FN2O2S/c19-16-4-2-15(3-5-16)12-18(22)21-6-1-11-24-14-17(21)13-20-7-9-23-10-8-20/h2-5,17H,1,6-14H2/t17-/m1/s1. The van der Waals surface area contributed by atoms with Crippen LogP contribution >= 0.6 is 11.8 Å². The van der Waals surface area contributed by atoms with Gasteiger partial charge in [0.2, 0.25) is 5.91 Å². The number of amides is 1. The Morgan fingerprint density at radius 2 is 1.96 bits per heavy atom. The maximum Gasteiger partial charge on any atom is 0.227 e. The molecule has 2 aliphatic rings. The maximum absolute atomic E-state index is 13.0. The number of benzene rings is 1. The Hall–Kier alpha value is -1.11. The first-order valence-corrected chi connectivity index (χ1v) is 9.79. The second-order valence-corrected chi connectivity index (χ2v) is 7.54. The highest BCUT2D eigenvalue weighted by atomic mass is 32.2. The summed E-state index contributed by atoms with van der Waals surface area (Å²) in [6.07, 6.45) is 1.39. The lowest BCUT2D eigenvalue weighted by Gasteiger charge is -2.35. The average Bonchev–Trinajstić information content (AvgIpc) is 2.83. The molecule has 2 aliphatic heterocycles. The fourth-order valence-electron chi connectivity index (χ4n) is 3.27. The number of hydrogen-bond acceptors (Lipinski definition) is 4. The molecular weight excluding hydrogens is 327 g/mol. The van der Waals surface area contributed by atoms with Gasteiger partial charge in [-0.25, -0.2) is 4.39 Å². The number of nitrogens with zero attached hydrogens (tertiary/aromatic N) is 2. The van der Waals surface area contributed by atoms with Crippen LogP contribution in [0.3, 0.4) is 0 Å². The molecular formula is C18H25FN2O2S. The summed E-state index contributed by atoms with van der Waals surface area (Å²) in [4.78, 5) is 17.3. The zero-order valence-corrected chi connectivity index (χ0v) is 14.8. The Labute approximate surface area is 147 Å². The molecule has 24 heavy (non-hydrogen) atoms. The van der Waals surface area contributed by atoms with Crippen LogP contribution in [0, 0.1) is 5.82 Å². The third-order valence-electron chi connectivity index (χ3n) is 4.60. The van der Waals surface area contributed by atoms with Crippen LogP contribution < -0.4 is 0 Å². The van der Waals surface area contributed by atoms with Crippen LogP contribution in [0.25, 0.3) is 0 Å². The van der Waals surface area contributed by atoms with Crippen LogP contribution in [0.1, 0.15) is 12.0 Å². The first-order chi connectivity index (χ1) is 11.7. The first-order valence-electron chi connectivity index (χ1n) is 8.64. The van der Waals surface area contributed by atoms with E-state index in [1.165, 1.54) is 12.1 Å². The summed E-state index contributed by atoms with van der Waals surface area (Å²) in [6.45, 7) is 5.20. The molecule has 1 atom stereocenters. The van der Waals surface area contributed by atoms with E-state index in [-0.39, 0.29) is 17.8 Å². The number of halogens is 1. The van der Waals surface area contributed by atoms with E-state index in [1.807, 2.05) is 11.8 Å². The molecule has 132 valence electrons. The van der Waals surface area contributed by atoms with E-state index in [0.717, 1.165) is 62.9 Å². The minimum Gasteiger partial charge on any atom is -0.379 e. The largest absolute Gasteiger partial charge is 0.379 e. The molecule has 0 N–H and O–H groups in total. The lowest BCUT2D eigenvalue weighted by Crippen LogP contribution is -2.50.